The minimum Gasteiger partial charge on any atom is -0.493 e. The second-order valence-corrected chi connectivity index (χ2v) is 4.24. The molecule has 0 aliphatic heterocycles. The normalized spacial score (nSPS) is 10.3. The Labute approximate surface area is 122 Å². The van der Waals surface area contributed by atoms with E-state index in [1.54, 1.807) is 25.4 Å². The minimum atomic E-state index is -0.347. The molecule has 0 bridgehead atoms. The van der Waals surface area contributed by atoms with Gasteiger partial charge in [-0.2, -0.15) is 0 Å². The van der Waals surface area contributed by atoms with Crippen LogP contribution in [-0.4, -0.2) is 19.2 Å². The van der Waals surface area contributed by atoms with Crippen LogP contribution in [0.3, 0.4) is 0 Å². The van der Waals surface area contributed by atoms with Crippen molar-refractivity contribution in [3.05, 3.63) is 47.5 Å². The van der Waals surface area contributed by atoms with Gasteiger partial charge in [0.2, 0.25) is 0 Å². The molecule has 0 amide bonds. The molecule has 0 saturated heterocycles. The molecule has 1 aromatic heterocycles. The first-order chi connectivity index (χ1) is 10.2. The number of benzene rings is 1. The third-order valence-electron chi connectivity index (χ3n) is 2.97. The fraction of sp³-hybridized carbons (Fsp3) is 0.267. The largest absolute Gasteiger partial charge is 0.493 e. The Kier molecular flexibility index (Phi) is 4.94. The standard InChI is InChI=1S/C15H17FN2O3/c1-19-14-5-6-18-12(15(14)20-2)9-21-13-4-3-11(16)7-10(13)8-17/h3-7H,8-9,17H2,1-2H3. The molecule has 112 valence electrons. The van der Waals surface area contributed by atoms with Crippen molar-refractivity contribution in [1.29, 1.82) is 0 Å². The van der Waals surface area contributed by atoms with Gasteiger partial charge in [-0.3, -0.25) is 4.98 Å². The second-order valence-electron chi connectivity index (χ2n) is 4.24. The van der Waals surface area contributed by atoms with Crippen LogP contribution >= 0.6 is 0 Å². The third kappa shape index (κ3) is 3.41. The molecule has 21 heavy (non-hydrogen) atoms. The highest BCUT2D eigenvalue weighted by atomic mass is 19.1. The van der Waals surface area contributed by atoms with E-state index in [2.05, 4.69) is 4.98 Å². The summed E-state index contributed by atoms with van der Waals surface area (Å²) in [5.41, 5.74) is 6.76. The zero-order valence-corrected chi connectivity index (χ0v) is 11.9. The van der Waals surface area contributed by atoms with E-state index >= 15 is 0 Å². The van der Waals surface area contributed by atoms with E-state index in [-0.39, 0.29) is 19.0 Å². The molecule has 0 aliphatic carbocycles. The molecule has 6 heteroatoms. The van der Waals surface area contributed by atoms with Gasteiger partial charge in [0.1, 0.15) is 23.9 Å². The van der Waals surface area contributed by atoms with E-state index < -0.39 is 0 Å². The maximum absolute atomic E-state index is 13.2. The van der Waals surface area contributed by atoms with Gasteiger partial charge in [-0.1, -0.05) is 0 Å². The number of rotatable bonds is 6. The summed E-state index contributed by atoms with van der Waals surface area (Å²) < 4.78 is 29.3. The average Bonchev–Trinajstić information content (AvgIpc) is 2.52. The number of aromatic nitrogens is 1. The van der Waals surface area contributed by atoms with Crippen molar-refractivity contribution in [2.24, 2.45) is 5.73 Å². The Morgan fingerprint density at radius 3 is 2.62 bits per heavy atom. The number of methoxy groups -OCH3 is 2. The molecular formula is C15H17FN2O3. The highest BCUT2D eigenvalue weighted by Gasteiger charge is 2.12. The van der Waals surface area contributed by atoms with E-state index in [0.717, 1.165) is 0 Å². The lowest BCUT2D eigenvalue weighted by Gasteiger charge is -2.14. The molecule has 0 atom stereocenters. The van der Waals surface area contributed by atoms with Crippen LogP contribution in [0.4, 0.5) is 4.39 Å². The number of nitrogens with zero attached hydrogens (tertiary/aromatic N) is 1. The maximum atomic E-state index is 13.2. The van der Waals surface area contributed by atoms with Crippen LogP contribution in [0.1, 0.15) is 11.3 Å². The lowest BCUT2D eigenvalue weighted by Crippen LogP contribution is -2.06. The molecule has 5 nitrogen and oxygen atoms in total. The fourth-order valence-electron chi connectivity index (χ4n) is 1.95. The van der Waals surface area contributed by atoms with Crippen molar-refractivity contribution in [2.75, 3.05) is 14.2 Å². The second kappa shape index (κ2) is 6.90. The number of pyridine rings is 1. The molecule has 0 aliphatic rings. The van der Waals surface area contributed by atoms with E-state index in [1.807, 2.05) is 0 Å². The zero-order chi connectivity index (χ0) is 15.2. The van der Waals surface area contributed by atoms with Crippen molar-refractivity contribution in [1.82, 2.24) is 4.98 Å². The van der Waals surface area contributed by atoms with Crippen LogP contribution in [0.5, 0.6) is 17.2 Å². The molecule has 0 saturated carbocycles. The first kappa shape index (κ1) is 15.1. The van der Waals surface area contributed by atoms with Crippen molar-refractivity contribution in [2.45, 2.75) is 13.2 Å². The van der Waals surface area contributed by atoms with Crippen molar-refractivity contribution < 1.29 is 18.6 Å². The summed E-state index contributed by atoms with van der Waals surface area (Å²) in [6.07, 6.45) is 1.61. The molecular weight excluding hydrogens is 275 g/mol. The number of ether oxygens (including phenoxy) is 3. The number of nitrogens with two attached hydrogens (primary N) is 1. The molecule has 1 aromatic carbocycles. The van der Waals surface area contributed by atoms with Crippen LogP contribution in [-0.2, 0) is 13.2 Å². The van der Waals surface area contributed by atoms with Crippen LogP contribution in [0.2, 0.25) is 0 Å². The molecule has 0 radical (unpaired) electrons. The van der Waals surface area contributed by atoms with Gasteiger partial charge in [-0.15, -0.1) is 0 Å². The Morgan fingerprint density at radius 1 is 1.14 bits per heavy atom. The Bertz CT molecular complexity index is 620. The van der Waals surface area contributed by atoms with E-state index in [1.165, 1.54) is 19.2 Å². The fourth-order valence-corrected chi connectivity index (χ4v) is 1.95. The summed E-state index contributed by atoms with van der Waals surface area (Å²) in [7, 11) is 3.08. The molecule has 0 unspecified atom stereocenters. The first-order valence-electron chi connectivity index (χ1n) is 6.36. The lowest BCUT2D eigenvalue weighted by atomic mass is 10.2. The number of hydrogen-bond acceptors (Lipinski definition) is 5. The first-order valence-corrected chi connectivity index (χ1v) is 6.36. The Hall–Kier alpha value is -2.34. The Balaban J connectivity index is 2.20. The molecule has 0 fully saturated rings. The highest BCUT2D eigenvalue weighted by molar-refractivity contribution is 5.42. The topological polar surface area (TPSA) is 66.6 Å². The molecule has 0 spiro atoms. The SMILES string of the molecule is COc1ccnc(COc2ccc(F)cc2CN)c1OC. The molecule has 2 aromatic rings. The smallest absolute Gasteiger partial charge is 0.185 e. The van der Waals surface area contributed by atoms with Crippen LogP contribution in [0.25, 0.3) is 0 Å². The predicted octanol–water partition coefficient (Wildman–Crippen LogP) is 2.28. The van der Waals surface area contributed by atoms with Crippen molar-refractivity contribution >= 4 is 0 Å². The summed E-state index contributed by atoms with van der Waals surface area (Å²) >= 11 is 0. The van der Waals surface area contributed by atoms with Gasteiger partial charge in [-0.05, 0) is 18.2 Å². The van der Waals surface area contributed by atoms with Gasteiger partial charge in [0, 0.05) is 24.4 Å². The van der Waals surface area contributed by atoms with Crippen molar-refractivity contribution in [3.8, 4) is 17.2 Å². The minimum absolute atomic E-state index is 0.166. The van der Waals surface area contributed by atoms with Crippen LogP contribution in [0, 0.1) is 5.82 Å². The molecule has 2 rings (SSSR count). The average molecular weight is 292 g/mol. The van der Waals surface area contributed by atoms with Gasteiger partial charge in [0.25, 0.3) is 0 Å². The van der Waals surface area contributed by atoms with Gasteiger partial charge in [0.15, 0.2) is 11.5 Å². The number of halogens is 1. The van der Waals surface area contributed by atoms with Crippen LogP contribution in [0.15, 0.2) is 30.5 Å². The van der Waals surface area contributed by atoms with E-state index in [4.69, 9.17) is 19.9 Å². The third-order valence-corrected chi connectivity index (χ3v) is 2.97. The van der Waals surface area contributed by atoms with Crippen LogP contribution < -0.4 is 19.9 Å². The summed E-state index contributed by atoms with van der Waals surface area (Å²) in [5, 5.41) is 0. The lowest BCUT2D eigenvalue weighted by molar-refractivity contribution is 0.282. The Morgan fingerprint density at radius 2 is 1.95 bits per heavy atom. The molecule has 1 heterocycles. The molecule has 2 N–H and O–H groups in total. The van der Waals surface area contributed by atoms with Gasteiger partial charge >= 0.3 is 0 Å². The summed E-state index contributed by atoms with van der Waals surface area (Å²) in [4.78, 5) is 4.21. The monoisotopic (exact) mass is 292 g/mol. The van der Waals surface area contributed by atoms with Gasteiger partial charge < -0.3 is 19.9 Å². The highest BCUT2D eigenvalue weighted by Crippen LogP contribution is 2.30. The zero-order valence-electron chi connectivity index (χ0n) is 11.9. The van der Waals surface area contributed by atoms with E-state index in [9.17, 15) is 4.39 Å². The van der Waals surface area contributed by atoms with E-state index in [0.29, 0.717) is 28.5 Å². The summed E-state index contributed by atoms with van der Waals surface area (Å²) in [6.45, 7) is 0.356. The summed E-state index contributed by atoms with van der Waals surface area (Å²) in [5.74, 6) is 1.26. The van der Waals surface area contributed by atoms with Gasteiger partial charge in [-0.25, -0.2) is 4.39 Å². The van der Waals surface area contributed by atoms with Gasteiger partial charge in [0.05, 0.1) is 14.2 Å². The summed E-state index contributed by atoms with van der Waals surface area (Å²) in [6, 6.07) is 5.92. The maximum Gasteiger partial charge on any atom is 0.185 e. The predicted molar refractivity (Wildman–Crippen MR) is 76.0 cm³/mol. The quantitative estimate of drug-likeness (QED) is 0.884. The van der Waals surface area contributed by atoms with Crippen molar-refractivity contribution in [3.63, 3.8) is 0 Å². The number of hydrogen-bond donors (Lipinski definition) is 1.